The predicted octanol–water partition coefficient (Wildman–Crippen LogP) is 4.29. The summed E-state index contributed by atoms with van der Waals surface area (Å²) in [7, 11) is 3.39. The van der Waals surface area contributed by atoms with Crippen molar-refractivity contribution in [2.45, 2.75) is 33.7 Å². The second kappa shape index (κ2) is 5.76. The predicted molar refractivity (Wildman–Crippen MR) is 101 cm³/mol. The van der Waals surface area contributed by atoms with Crippen molar-refractivity contribution >= 4 is 10.8 Å². The van der Waals surface area contributed by atoms with Crippen LogP contribution in [0.4, 0.5) is 0 Å². The zero-order valence-corrected chi connectivity index (χ0v) is 15.6. The Morgan fingerprint density at radius 2 is 1.68 bits per heavy atom. The molecule has 1 aliphatic heterocycles. The third kappa shape index (κ3) is 2.30. The fourth-order valence-electron chi connectivity index (χ4n) is 4.05. The van der Waals surface area contributed by atoms with Crippen LogP contribution in [-0.4, -0.2) is 14.2 Å². The molecule has 0 N–H and O–H groups in total. The van der Waals surface area contributed by atoms with Crippen molar-refractivity contribution in [1.29, 1.82) is 0 Å². The first kappa shape index (κ1) is 15.9. The molecule has 0 saturated heterocycles. The van der Waals surface area contributed by atoms with Crippen LogP contribution in [0, 0.1) is 20.8 Å². The maximum absolute atomic E-state index is 5.66. The average molecular weight is 334 g/mol. The highest BCUT2D eigenvalue weighted by molar-refractivity contribution is 5.94. The van der Waals surface area contributed by atoms with E-state index in [1.54, 1.807) is 14.2 Å². The van der Waals surface area contributed by atoms with E-state index >= 15 is 0 Å². The van der Waals surface area contributed by atoms with Gasteiger partial charge in [-0.05, 0) is 55.7 Å². The number of hydrogen-bond donors (Lipinski definition) is 0. The molecule has 0 fully saturated rings. The van der Waals surface area contributed by atoms with Gasteiger partial charge >= 0.3 is 0 Å². The number of hydrogen-bond acceptors (Lipinski definition) is 2. The van der Waals surface area contributed by atoms with E-state index in [1.807, 2.05) is 6.07 Å². The molecule has 0 amide bonds. The van der Waals surface area contributed by atoms with E-state index in [-0.39, 0.29) is 0 Å². The van der Waals surface area contributed by atoms with Gasteiger partial charge in [0.15, 0.2) is 24.2 Å². The van der Waals surface area contributed by atoms with Gasteiger partial charge in [0.05, 0.1) is 25.2 Å². The number of nitrogens with zero attached hydrogens (tertiary/aromatic N) is 1. The monoisotopic (exact) mass is 334 g/mol. The highest BCUT2D eigenvalue weighted by Crippen LogP contribution is 2.39. The summed E-state index contributed by atoms with van der Waals surface area (Å²) in [5.74, 6) is 1.59. The molecule has 25 heavy (non-hydrogen) atoms. The number of fused-ring (bicyclic) bond motifs is 4. The van der Waals surface area contributed by atoms with E-state index in [4.69, 9.17) is 9.47 Å². The van der Waals surface area contributed by atoms with E-state index in [0.29, 0.717) is 0 Å². The molecular weight excluding hydrogens is 310 g/mol. The Hall–Kier alpha value is -2.55. The van der Waals surface area contributed by atoms with Crippen LogP contribution in [0.5, 0.6) is 11.5 Å². The van der Waals surface area contributed by atoms with Crippen LogP contribution in [0.1, 0.15) is 22.3 Å². The summed E-state index contributed by atoms with van der Waals surface area (Å²) in [5, 5.41) is 2.32. The highest BCUT2D eigenvalue weighted by atomic mass is 16.5. The minimum absolute atomic E-state index is 0.776. The van der Waals surface area contributed by atoms with Gasteiger partial charge in [0.2, 0.25) is 5.69 Å². The van der Waals surface area contributed by atoms with Crippen LogP contribution < -0.4 is 14.0 Å². The van der Waals surface area contributed by atoms with Crippen molar-refractivity contribution < 1.29 is 14.0 Å². The van der Waals surface area contributed by atoms with Gasteiger partial charge in [-0.1, -0.05) is 6.07 Å². The van der Waals surface area contributed by atoms with Crippen LogP contribution in [0.15, 0.2) is 30.5 Å². The molecule has 1 aromatic heterocycles. The van der Waals surface area contributed by atoms with E-state index in [9.17, 15) is 0 Å². The van der Waals surface area contributed by atoms with Gasteiger partial charge < -0.3 is 9.47 Å². The lowest BCUT2D eigenvalue weighted by Crippen LogP contribution is -2.41. The summed E-state index contributed by atoms with van der Waals surface area (Å²) in [6, 6.07) is 8.83. The lowest BCUT2D eigenvalue weighted by atomic mass is 9.89. The van der Waals surface area contributed by atoms with Crippen molar-refractivity contribution in [3.8, 4) is 22.8 Å². The fraction of sp³-hybridized carbons (Fsp3) is 0.318. The van der Waals surface area contributed by atoms with Gasteiger partial charge in [0.1, 0.15) is 0 Å². The van der Waals surface area contributed by atoms with Crippen LogP contribution in [0.25, 0.3) is 22.0 Å². The molecule has 0 atom stereocenters. The number of benzene rings is 2. The van der Waals surface area contributed by atoms with Gasteiger partial charge in [-0.2, -0.15) is 4.57 Å². The summed E-state index contributed by atoms with van der Waals surface area (Å²) < 4.78 is 13.5. The molecule has 0 radical (unpaired) electrons. The largest absolute Gasteiger partial charge is 0.493 e. The summed E-state index contributed by atoms with van der Waals surface area (Å²) in [6.45, 7) is 7.59. The van der Waals surface area contributed by atoms with E-state index in [0.717, 1.165) is 29.9 Å². The van der Waals surface area contributed by atoms with Crippen LogP contribution in [0.2, 0.25) is 0 Å². The molecular formula is C22H24NO2+. The third-order valence-electron chi connectivity index (χ3n) is 5.51. The van der Waals surface area contributed by atoms with E-state index in [1.165, 1.54) is 38.9 Å². The Kier molecular flexibility index (Phi) is 3.68. The zero-order valence-electron chi connectivity index (χ0n) is 15.6. The number of aryl methyl sites for hydroxylation is 5. The molecule has 0 bridgehead atoms. The molecule has 128 valence electrons. The van der Waals surface area contributed by atoms with Crippen molar-refractivity contribution in [3.63, 3.8) is 0 Å². The lowest BCUT2D eigenvalue weighted by Gasteiger charge is -2.20. The summed E-state index contributed by atoms with van der Waals surface area (Å²) in [4.78, 5) is 0. The van der Waals surface area contributed by atoms with Crippen LogP contribution in [-0.2, 0) is 13.0 Å². The SMILES string of the molecule is COc1ccc2c(C)c3[n+](cc2c1OC)CCc1cc(C)c(C)cc1-3. The number of methoxy groups -OCH3 is 2. The molecule has 4 rings (SSSR count). The topological polar surface area (TPSA) is 22.3 Å². The minimum atomic E-state index is 0.776. The molecule has 0 aliphatic carbocycles. The quantitative estimate of drug-likeness (QED) is 0.652. The van der Waals surface area contributed by atoms with Crippen molar-refractivity contribution in [3.05, 3.63) is 52.7 Å². The summed E-state index contributed by atoms with van der Waals surface area (Å²) in [6.07, 6.45) is 3.28. The molecule has 3 aromatic rings. The van der Waals surface area contributed by atoms with Gasteiger partial charge in [-0.25, -0.2) is 0 Å². The number of ether oxygens (including phenoxy) is 2. The van der Waals surface area contributed by atoms with Crippen molar-refractivity contribution in [2.24, 2.45) is 0 Å². The first-order valence-corrected chi connectivity index (χ1v) is 8.73. The van der Waals surface area contributed by atoms with Gasteiger partial charge in [0, 0.05) is 17.4 Å². The Morgan fingerprint density at radius 3 is 2.40 bits per heavy atom. The number of pyridine rings is 1. The maximum atomic E-state index is 5.66. The first-order valence-electron chi connectivity index (χ1n) is 8.73. The Labute approximate surface area is 148 Å². The molecule has 0 saturated carbocycles. The fourth-order valence-corrected chi connectivity index (χ4v) is 4.05. The Balaban J connectivity index is 2.07. The van der Waals surface area contributed by atoms with Crippen molar-refractivity contribution in [2.75, 3.05) is 14.2 Å². The molecule has 0 unspecified atom stereocenters. The van der Waals surface area contributed by atoms with Gasteiger partial charge in [-0.15, -0.1) is 0 Å². The maximum Gasteiger partial charge on any atom is 0.216 e. The molecule has 2 heterocycles. The second-order valence-corrected chi connectivity index (χ2v) is 6.90. The first-order chi connectivity index (χ1) is 12.0. The van der Waals surface area contributed by atoms with E-state index < -0.39 is 0 Å². The number of aromatic nitrogens is 1. The average Bonchev–Trinajstić information content (AvgIpc) is 2.61. The minimum Gasteiger partial charge on any atom is -0.493 e. The summed E-state index contributed by atoms with van der Waals surface area (Å²) in [5.41, 5.74) is 8.15. The Bertz CT molecular complexity index is 1010. The molecule has 3 heteroatoms. The molecule has 2 aromatic carbocycles. The zero-order chi connectivity index (χ0) is 17.7. The molecule has 0 spiro atoms. The van der Waals surface area contributed by atoms with Crippen molar-refractivity contribution in [1.82, 2.24) is 0 Å². The van der Waals surface area contributed by atoms with Gasteiger partial charge in [-0.3, -0.25) is 0 Å². The Morgan fingerprint density at radius 1 is 0.920 bits per heavy atom. The normalized spacial score (nSPS) is 12.7. The van der Waals surface area contributed by atoms with Crippen LogP contribution >= 0.6 is 0 Å². The smallest absolute Gasteiger partial charge is 0.216 e. The highest BCUT2D eigenvalue weighted by Gasteiger charge is 2.28. The standard InChI is InChI=1S/C22H24NO2/c1-13-10-16-8-9-23-12-19-17(6-7-20(24-4)22(19)25-5)15(3)21(23)18(16)11-14(13)2/h6-7,10-12H,8-9H2,1-5H3/q+1. The molecule has 3 nitrogen and oxygen atoms in total. The second-order valence-electron chi connectivity index (χ2n) is 6.90. The number of rotatable bonds is 2. The lowest BCUT2D eigenvalue weighted by molar-refractivity contribution is -0.686. The molecule has 1 aliphatic rings. The van der Waals surface area contributed by atoms with Gasteiger partial charge in [0.25, 0.3) is 0 Å². The third-order valence-corrected chi connectivity index (χ3v) is 5.51. The van der Waals surface area contributed by atoms with Crippen LogP contribution in [0.3, 0.4) is 0 Å². The summed E-state index contributed by atoms with van der Waals surface area (Å²) >= 11 is 0. The van der Waals surface area contributed by atoms with E-state index in [2.05, 4.69) is 49.7 Å².